The molecule has 0 aromatic carbocycles. The van der Waals surface area contributed by atoms with Crippen LogP contribution in [0.2, 0.25) is 0 Å². The molecule has 9 nitrogen and oxygen atoms in total. The third-order valence-corrected chi connectivity index (χ3v) is 2.39. The van der Waals surface area contributed by atoms with E-state index >= 15 is 0 Å². The quantitative estimate of drug-likeness (QED) is 0.341. The van der Waals surface area contributed by atoms with Gasteiger partial charge in [0.1, 0.15) is 18.9 Å². The maximum atomic E-state index is 11.5. The van der Waals surface area contributed by atoms with Crippen LogP contribution in [0.25, 0.3) is 0 Å². The van der Waals surface area contributed by atoms with Crippen LogP contribution in [-0.2, 0) is 4.79 Å². The van der Waals surface area contributed by atoms with Crippen molar-refractivity contribution in [2.24, 2.45) is 5.10 Å². The van der Waals surface area contributed by atoms with E-state index in [9.17, 15) is 14.4 Å². The Morgan fingerprint density at radius 1 is 1.47 bits per heavy atom. The molecule has 0 spiro atoms. The zero-order valence-corrected chi connectivity index (χ0v) is 9.06. The molecule has 0 aromatic heterocycles. The molecule has 2 unspecified atom stereocenters. The first kappa shape index (κ1) is 11.2. The minimum atomic E-state index is -0.550. The van der Waals surface area contributed by atoms with E-state index in [1.807, 2.05) is 0 Å². The molecule has 2 aliphatic rings. The molecule has 5 amide bonds. The van der Waals surface area contributed by atoms with Crippen LogP contribution in [0.1, 0.15) is 6.92 Å². The largest absolute Gasteiger partial charge is 0.321 e. The molecule has 0 saturated carbocycles. The van der Waals surface area contributed by atoms with Gasteiger partial charge in [0.15, 0.2) is 0 Å². The Labute approximate surface area is 96.6 Å². The third kappa shape index (κ3) is 2.12. The number of carbonyl (C=O) groups is 3. The summed E-state index contributed by atoms with van der Waals surface area (Å²) in [6, 6.07) is -0.792. The van der Waals surface area contributed by atoms with E-state index in [0.717, 1.165) is 0 Å². The molecule has 92 valence electrons. The number of carbonyl (C=O) groups excluding carboxylic acids is 3. The van der Waals surface area contributed by atoms with Crippen molar-refractivity contribution < 1.29 is 14.4 Å². The monoisotopic (exact) mass is 240 g/mol. The molecule has 2 fully saturated rings. The smallest absolute Gasteiger partial charge is 0.314 e. The first-order valence-electron chi connectivity index (χ1n) is 5.02. The number of fused-ring (bicyclic) bond motifs is 1. The average molecular weight is 240 g/mol. The van der Waals surface area contributed by atoms with Crippen molar-refractivity contribution in [3.8, 4) is 0 Å². The van der Waals surface area contributed by atoms with Crippen LogP contribution < -0.4 is 21.4 Å². The summed E-state index contributed by atoms with van der Waals surface area (Å²) in [4.78, 5) is 35.2. The minimum Gasteiger partial charge on any atom is -0.314 e. The fourth-order valence-corrected chi connectivity index (χ4v) is 1.69. The fraction of sp³-hybridized carbons (Fsp3) is 0.500. The van der Waals surface area contributed by atoms with Crippen molar-refractivity contribution in [2.45, 2.75) is 19.3 Å². The van der Waals surface area contributed by atoms with E-state index < -0.39 is 24.3 Å². The first-order valence-corrected chi connectivity index (χ1v) is 5.02. The summed E-state index contributed by atoms with van der Waals surface area (Å²) in [6.07, 6.45) is 0.368. The van der Waals surface area contributed by atoms with Gasteiger partial charge in [-0.3, -0.25) is 9.69 Å². The number of nitrogens with zero attached hydrogens (tertiary/aromatic N) is 2. The molecule has 2 heterocycles. The topological polar surface area (TPSA) is 115 Å². The Hall–Kier alpha value is -2.32. The standard InChI is InChI=1S/C8H12N6O3/c1-2-9-13-4(15)3-14-6-5(11-8(14)17)10-7(16)12-6/h2,5-6H,3H2,1H3,(H,11,17)(H,13,15)(H2,10,12,16)/b9-2+. The number of amides is 5. The van der Waals surface area contributed by atoms with Gasteiger partial charge in [-0.25, -0.2) is 15.0 Å². The zero-order valence-electron chi connectivity index (χ0n) is 9.06. The van der Waals surface area contributed by atoms with E-state index in [4.69, 9.17) is 0 Å². The van der Waals surface area contributed by atoms with Crippen LogP contribution in [0.5, 0.6) is 0 Å². The first-order chi connectivity index (χ1) is 8.11. The van der Waals surface area contributed by atoms with Gasteiger partial charge in [-0.15, -0.1) is 0 Å². The average Bonchev–Trinajstić information content (AvgIpc) is 2.74. The molecule has 9 heteroatoms. The maximum absolute atomic E-state index is 11.5. The highest BCUT2D eigenvalue weighted by Gasteiger charge is 2.45. The highest BCUT2D eigenvalue weighted by molar-refractivity contribution is 5.88. The molecule has 4 N–H and O–H groups in total. The third-order valence-electron chi connectivity index (χ3n) is 2.39. The van der Waals surface area contributed by atoms with E-state index in [1.165, 1.54) is 11.1 Å². The van der Waals surface area contributed by atoms with E-state index in [-0.39, 0.29) is 12.6 Å². The number of hydrazone groups is 1. The highest BCUT2D eigenvalue weighted by Crippen LogP contribution is 2.12. The Balaban J connectivity index is 1.97. The van der Waals surface area contributed by atoms with Crippen molar-refractivity contribution >= 4 is 24.2 Å². The van der Waals surface area contributed by atoms with Crippen molar-refractivity contribution in [3.05, 3.63) is 0 Å². The summed E-state index contributed by atoms with van der Waals surface area (Å²) in [5, 5.41) is 11.1. The lowest BCUT2D eigenvalue weighted by Gasteiger charge is -2.19. The molecule has 0 radical (unpaired) electrons. The van der Waals surface area contributed by atoms with Crippen LogP contribution in [0.15, 0.2) is 5.10 Å². The molecule has 0 aliphatic carbocycles. The summed E-state index contributed by atoms with van der Waals surface area (Å²) >= 11 is 0. The van der Waals surface area contributed by atoms with Gasteiger partial charge in [-0.05, 0) is 6.92 Å². The molecule has 2 saturated heterocycles. The van der Waals surface area contributed by atoms with Gasteiger partial charge in [0.2, 0.25) is 0 Å². The van der Waals surface area contributed by atoms with Crippen LogP contribution in [-0.4, -0.2) is 48.0 Å². The number of nitrogens with one attached hydrogen (secondary N) is 4. The molecule has 2 rings (SSSR count). The zero-order chi connectivity index (χ0) is 12.4. The number of urea groups is 2. The predicted octanol–water partition coefficient (Wildman–Crippen LogP) is -1.90. The van der Waals surface area contributed by atoms with Crippen LogP contribution >= 0.6 is 0 Å². The van der Waals surface area contributed by atoms with Gasteiger partial charge < -0.3 is 16.0 Å². The van der Waals surface area contributed by atoms with Gasteiger partial charge in [0.25, 0.3) is 5.91 Å². The second kappa shape index (κ2) is 4.28. The lowest BCUT2D eigenvalue weighted by Crippen LogP contribution is -2.47. The van der Waals surface area contributed by atoms with Gasteiger partial charge in [0, 0.05) is 6.21 Å². The van der Waals surface area contributed by atoms with Crippen LogP contribution in [0.4, 0.5) is 9.59 Å². The Morgan fingerprint density at radius 2 is 2.24 bits per heavy atom. The van der Waals surface area contributed by atoms with E-state index in [2.05, 4.69) is 26.5 Å². The number of hydrogen-bond donors (Lipinski definition) is 4. The van der Waals surface area contributed by atoms with Crippen molar-refractivity contribution in [2.75, 3.05) is 6.54 Å². The second-order valence-electron chi connectivity index (χ2n) is 3.54. The summed E-state index contributed by atoms with van der Waals surface area (Å²) in [5.74, 6) is -0.431. The van der Waals surface area contributed by atoms with E-state index in [1.54, 1.807) is 6.92 Å². The van der Waals surface area contributed by atoms with Gasteiger partial charge in [0.05, 0.1) is 0 Å². The molecule has 2 aliphatic heterocycles. The summed E-state index contributed by atoms with van der Waals surface area (Å²) in [7, 11) is 0. The molecule has 2 atom stereocenters. The molecular weight excluding hydrogens is 228 g/mol. The Bertz CT molecular complexity index is 395. The summed E-state index contributed by atoms with van der Waals surface area (Å²) in [6.45, 7) is 1.48. The normalized spacial score (nSPS) is 26.5. The van der Waals surface area contributed by atoms with E-state index in [0.29, 0.717) is 0 Å². The fourth-order valence-electron chi connectivity index (χ4n) is 1.69. The molecule has 0 aromatic rings. The van der Waals surface area contributed by atoms with Crippen molar-refractivity contribution in [1.82, 2.24) is 26.3 Å². The lowest BCUT2D eigenvalue weighted by molar-refractivity contribution is -0.121. The van der Waals surface area contributed by atoms with Crippen molar-refractivity contribution in [3.63, 3.8) is 0 Å². The highest BCUT2D eigenvalue weighted by atomic mass is 16.2. The van der Waals surface area contributed by atoms with Gasteiger partial charge >= 0.3 is 12.1 Å². The van der Waals surface area contributed by atoms with Crippen LogP contribution in [0.3, 0.4) is 0 Å². The molecular formula is C8H12N6O3. The number of rotatable bonds is 3. The minimum absolute atomic E-state index is 0.174. The second-order valence-corrected chi connectivity index (χ2v) is 3.54. The number of hydrogen-bond acceptors (Lipinski definition) is 4. The van der Waals surface area contributed by atoms with Crippen molar-refractivity contribution in [1.29, 1.82) is 0 Å². The Morgan fingerprint density at radius 3 is 2.94 bits per heavy atom. The lowest BCUT2D eigenvalue weighted by atomic mass is 10.4. The maximum Gasteiger partial charge on any atom is 0.321 e. The SMILES string of the molecule is C/C=N/NC(=O)CN1C(=O)NC2NC(=O)NC21. The molecule has 17 heavy (non-hydrogen) atoms. The predicted molar refractivity (Wildman–Crippen MR) is 56.8 cm³/mol. The van der Waals surface area contributed by atoms with Gasteiger partial charge in [-0.2, -0.15) is 5.10 Å². The summed E-state index contributed by atoms with van der Waals surface area (Å²) < 4.78 is 0. The van der Waals surface area contributed by atoms with Gasteiger partial charge in [-0.1, -0.05) is 0 Å². The Kier molecular flexibility index (Phi) is 2.81. The summed E-state index contributed by atoms with van der Waals surface area (Å²) in [5.41, 5.74) is 2.25. The molecule has 0 bridgehead atoms. The van der Waals surface area contributed by atoms with Crippen LogP contribution in [0, 0.1) is 0 Å².